The van der Waals surface area contributed by atoms with Gasteiger partial charge in [-0.25, -0.2) is 0 Å². The number of halogens is 2. The van der Waals surface area contributed by atoms with Gasteiger partial charge >= 0.3 is 0 Å². The fourth-order valence-electron chi connectivity index (χ4n) is 4.29. The maximum Gasteiger partial charge on any atom is 0.258 e. The third kappa shape index (κ3) is 4.55. The van der Waals surface area contributed by atoms with Gasteiger partial charge in [-0.15, -0.1) is 0 Å². The van der Waals surface area contributed by atoms with Crippen LogP contribution in [0, 0.1) is 18.3 Å². The fraction of sp³-hybridized carbons (Fsp3) is 0.231. The van der Waals surface area contributed by atoms with Crippen LogP contribution in [0.2, 0.25) is 10.0 Å². The van der Waals surface area contributed by atoms with E-state index in [-0.39, 0.29) is 17.0 Å². The van der Waals surface area contributed by atoms with Crippen LogP contribution in [0.5, 0.6) is 17.2 Å². The summed E-state index contributed by atoms with van der Waals surface area (Å²) in [5, 5.41) is 10.6. The highest BCUT2D eigenvalue weighted by Gasteiger charge is 2.35. The summed E-state index contributed by atoms with van der Waals surface area (Å²) in [4.78, 5) is 13.8. The molecule has 0 fully saturated rings. The van der Waals surface area contributed by atoms with Crippen LogP contribution in [0.4, 0.5) is 0 Å². The van der Waals surface area contributed by atoms with E-state index in [0.29, 0.717) is 57.1 Å². The summed E-state index contributed by atoms with van der Waals surface area (Å²) in [6.07, 6.45) is 0.566. The number of fused-ring (bicyclic) bond motifs is 1. The van der Waals surface area contributed by atoms with Crippen LogP contribution < -0.4 is 25.5 Å². The highest BCUT2D eigenvalue weighted by molar-refractivity contribution is 6.35. The van der Waals surface area contributed by atoms with E-state index in [1.54, 1.807) is 43.1 Å². The zero-order valence-corrected chi connectivity index (χ0v) is 20.9. The Labute approximate surface area is 212 Å². The number of rotatable bonds is 6. The maximum absolute atomic E-state index is 13.8. The first kappa shape index (κ1) is 24.5. The Balaban J connectivity index is 1.79. The lowest BCUT2D eigenvalue weighted by molar-refractivity contribution is 0.354. The molecule has 2 aromatic carbocycles. The second kappa shape index (κ2) is 9.95. The van der Waals surface area contributed by atoms with Crippen molar-refractivity contribution < 1.29 is 14.2 Å². The van der Waals surface area contributed by atoms with Crippen molar-refractivity contribution in [3.8, 4) is 23.3 Å². The maximum atomic E-state index is 13.8. The first-order chi connectivity index (χ1) is 16.8. The Hall–Kier alpha value is -3.60. The number of hydrogen-bond acceptors (Lipinski definition) is 6. The number of methoxy groups -OCH3 is 2. The topological polar surface area (TPSA) is 99.5 Å². The summed E-state index contributed by atoms with van der Waals surface area (Å²) in [5.74, 6) is 0.713. The molecule has 35 heavy (non-hydrogen) atoms. The van der Waals surface area contributed by atoms with Crippen molar-refractivity contribution in [3.63, 3.8) is 0 Å². The monoisotopic (exact) mass is 511 g/mol. The number of pyridine rings is 1. The van der Waals surface area contributed by atoms with E-state index in [2.05, 4.69) is 6.07 Å². The Morgan fingerprint density at radius 3 is 2.51 bits per heavy atom. The molecule has 1 aliphatic heterocycles. The lowest BCUT2D eigenvalue weighted by atomic mass is 9.84. The predicted molar refractivity (Wildman–Crippen MR) is 134 cm³/mol. The summed E-state index contributed by atoms with van der Waals surface area (Å²) in [6, 6.07) is 14.4. The quantitative estimate of drug-likeness (QED) is 0.502. The minimum absolute atomic E-state index is 0.0575. The number of nitrogens with two attached hydrogens (primary N) is 1. The molecule has 9 heteroatoms. The molecule has 0 saturated heterocycles. The van der Waals surface area contributed by atoms with E-state index in [1.165, 1.54) is 0 Å². The van der Waals surface area contributed by atoms with Crippen LogP contribution >= 0.6 is 23.2 Å². The first-order valence-electron chi connectivity index (χ1n) is 10.8. The van der Waals surface area contributed by atoms with Crippen molar-refractivity contribution in [2.24, 2.45) is 5.73 Å². The molecule has 1 aliphatic rings. The van der Waals surface area contributed by atoms with Crippen LogP contribution in [-0.2, 0) is 13.0 Å². The molecule has 1 atom stereocenters. The third-order valence-corrected chi connectivity index (χ3v) is 6.60. The summed E-state index contributed by atoms with van der Waals surface area (Å²) < 4.78 is 18.1. The van der Waals surface area contributed by atoms with E-state index in [1.807, 2.05) is 25.1 Å². The largest absolute Gasteiger partial charge is 0.493 e. The van der Waals surface area contributed by atoms with Crippen molar-refractivity contribution >= 4 is 23.2 Å². The molecule has 2 heterocycles. The number of nitrogens with zero attached hydrogens (tertiary/aromatic N) is 2. The summed E-state index contributed by atoms with van der Waals surface area (Å²) in [6.45, 7) is 2.22. The number of allylic oxidation sites excluding steroid dienone is 1. The van der Waals surface area contributed by atoms with Gasteiger partial charge < -0.3 is 24.5 Å². The SMILES string of the molecule is COc1ccc(CCn2c(C)cc3c(c2=O)[C@@H](c2ccc(Cl)cc2Cl)C(C#N)=C(N)O3)cc1OC. The van der Waals surface area contributed by atoms with Gasteiger partial charge in [0, 0.05) is 28.4 Å². The lowest BCUT2D eigenvalue weighted by Crippen LogP contribution is -2.33. The van der Waals surface area contributed by atoms with E-state index in [9.17, 15) is 10.1 Å². The summed E-state index contributed by atoms with van der Waals surface area (Å²) in [5.41, 5.74) is 8.43. The van der Waals surface area contributed by atoms with E-state index >= 15 is 0 Å². The van der Waals surface area contributed by atoms with Crippen molar-refractivity contribution in [1.82, 2.24) is 4.57 Å². The second-order valence-corrected chi connectivity index (χ2v) is 8.89. The average Bonchev–Trinajstić information content (AvgIpc) is 2.83. The van der Waals surface area contributed by atoms with Gasteiger partial charge in [0.05, 0.1) is 25.7 Å². The molecule has 0 aliphatic carbocycles. The predicted octanol–water partition coefficient (Wildman–Crippen LogP) is 4.94. The van der Waals surface area contributed by atoms with Gasteiger partial charge in [-0.05, 0) is 48.7 Å². The molecule has 0 amide bonds. The van der Waals surface area contributed by atoms with Gasteiger partial charge in [-0.3, -0.25) is 4.79 Å². The van der Waals surface area contributed by atoms with E-state index in [4.69, 9.17) is 43.1 Å². The van der Waals surface area contributed by atoms with Crippen LogP contribution in [0.3, 0.4) is 0 Å². The van der Waals surface area contributed by atoms with Crippen molar-refractivity contribution in [2.75, 3.05) is 14.2 Å². The number of aryl methyl sites for hydroxylation is 2. The fourth-order valence-corrected chi connectivity index (χ4v) is 4.81. The second-order valence-electron chi connectivity index (χ2n) is 8.05. The van der Waals surface area contributed by atoms with E-state index in [0.717, 1.165) is 5.56 Å². The van der Waals surface area contributed by atoms with Gasteiger partial charge in [0.2, 0.25) is 5.88 Å². The Bertz CT molecular complexity index is 1440. The van der Waals surface area contributed by atoms with Gasteiger partial charge in [0.25, 0.3) is 5.56 Å². The molecule has 0 radical (unpaired) electrons. The molecule has 0 spiro atoms. The number of ether oxygens (including phenoxy) is 3. The van der Waals surface area contributed by atoms with Gasteiger partial charge in [-0.1, -0.05) is 35.3 Å². The summed E-state index contributed by atoms with van der Waals surface area (Å²) >= 11 is 12.6. The molecule has 0 saturated carbocycles. The zero-order chi connectivity index (χ0) is 25.3. The van der Waals surface area contributed by atoms with Crippen LogP contribution in [0.25, 0.3) is 0 Å². The Kier molecular flexibility index (Phi) is 6.97. The molecule has 2 N–H and O–H groups in total. The zero-order valence-electron chi connectivity index (χ0n) is 19.4. The first-order valence-corrected chi connectivity index (χ1v) is 11.5. The molecule has 180 valence electrons. The highest BCUT2D eigenvalue weighted by atomic mass is 35.5. The summed E-state index contributed by atoms with van der Waals surface area (Å²) in [7, 11) is 3.16. The molecule has 3 aromatic rings. The van der Waals surface area contributed by atoms with Crippen LogP contribution in [0.15, 0.2) is 58.7 Å². The molecule has 7 nitrogen and oxygen atoms in total. The smallest absolute Gasteiger partial charge is 0.258 e. The lowest BCUT2D eigenvalue weighted by Gasteiger charge is -2.28. The number of benzene rings is 2. The van der Waals surface area contributed by atoms with Gasteiger partial charge in [0.15, 0.2) is 11.5 Å². The van der Waals surface area contributed by atoms with Gasteiger partial charge in [0.1, 0.15) is 17.4 Å². The molecule has 0 unspecified atom stereocenters. The highest BCUT2D eigenvalue weighted by Crippen LogP contribution is 2.43. The van der Waals surface area contributed by atoms with Gasteiger partial charge in [-0.2, -0.15) is 5.26 Å². The minimum Gasteiger partial charge on any atom is -0.493 e. The molecule has 4 rings (SSSR count). The number of hydrogen-bond donors (Lipinski definition) is 1. The molecule has 1 aromatic heterocycles. The average molecular weight is 512 g/mol. The molecular weight excluding hydrogens is 489 g/mol. The van der Waals surface area contributed by atoms with Crippen molar-refractivity contribution in [2.45, 2.75) is 25.8 Å². The molecular formula is C26H23Cl2N3O4. The standard InChI is InChI=1S/C26H23Cl2N3O4/c1-14-10-22-24(23(18(13-29)25(30)35-22)17-6-5-16(27)12-19(17)28)26(32)31(14)9-8-15-4-7-20(33-2)21(11-15)34-3/h4-7,10-12,23H,8-9,30H2,1-3H3/t23-/m0/s1. The van der Waals surface area contributed by atoms with E-state index < -0.39 is 5.92 Å². The normalized spacial score (nSPS) is 14.7. The Morgan fingerprint density at radius 1 is 1.11 bits per heavy atom. The third-order valence-electron chi connectivity index (χ3n) is 6.04. The van der Waals surface area contributed by atoms with Crippen molar-refractivity contribution in [3.05, 3.63) is 96.7 Å². The van der Waals surface area contributed by atoms with Crippen molar-refractivity contribution in [1.29, 1.82) is 5.26 Å². The minimum atomic E-state index is -0.783. The number of aromatic nitrogens is 1. The van der Waals surface area contributed by atoms with Crippen LogP contribution in [0.1, 0.15) is 28.3 Å². The number of nitriles is 1. The molecule has 0 bridgehead atoms. The van der Waals surface area contributed by atoms with Crippen LogP contribution in [-0.4, -0.2) is 18.8 Å². The Morgan fingerprint density at radius 2 is 1.86 bits per heavy atom.